The molecular formula is C24H28O10. The van der Waals surface area contributed by atoms with Gasteiger partial charge < -0.3 is 44.5 Å². The van der Waals surface area contributed by atoms with Crippen molar-refractivity contribution in [2.24, 2.45) is 11.8 Å². The van der Waals surface area contributed by atoms with Crippen molar-refractivity contribution in [3.8, 4) is 0 Å². The summed E-state index contributed by atoms with van der Waals surface area (Å²) in [5.41, 5.74) is 1.26. The van der Waals surface area contributed by atoms with E-state index < -0.39 is 67.5 Å². The molecule has 1 aliphatic carbocycles. The molecule has 3 aliphatic rings. The van der Waals surface area contributed by atoms with Gasteiger partial charge in [-0.25, -0.2) is 4.79 Å². The standard InChI is InChI=1S/C24H28O10/c25-11-14-10-16(27)15-8-9-31-23(19(14)15)34-24-22(21(30)20(29)17(12-26)32-24)33-18(28)7-6-13-4-2-1-3-5-13/h1-10,15-17,19-27,29-30H,11-12H2/b7-6+/t15-,16+,17+,19+,20+,21-,22+,23-,24-/m0/s1. The lowest BCUT2D eigenvalue weighted by Gasteiger charge is -2.43. The third-order valence-corrected chi connectivity index (χ3v) is 6.17. The van der Waals surface area contributed by atoms with Gasteiger partial charge in [-0.15, -0.1) is 0 Å². The van der Waals surface area contributed by atoms with Gasteiger partial charge in [-0.1, -0.05) is 36.4 Å². The van der Waals surface area contributed by atoms with E-state index in [0.29, 0.717) is 5.57 Å². The second-order valence-corrected chi connectivity index (χ2v) is 8.31. The smallest absolute Gasteiger partial charge is 0.331 e. The topological polar surface area (TPSA) is 155 Å². The molecular weight excluding hydrogens is 448 g/mol. The first-order valence-electron chi connectivity index (χ1n) is 11.0. The first-order chi connectivity index (χ1) is 16.4. The molecule has 10 heteroatoms. The van der Waals surface area contributed by atoms with E-state index in [2.05, 4.69) is 0 Å². The van der Waals surface area contributed by atoms with Gasteiger partial charge in [-0.3, -0.25) is 0 Å². The van der Waals surface area contributed by atoms with Gasteiger partial charge in [0.1, 0.15) is 18.3 Å². The second-order valence-electron chi connectivity index (χ2n) is 8.31. The molecule has 1 fully saturated rings. The van der Waals surface area contributed by atoms with Crippen LogP contribution in [-0.4, -0.2) is 87.8 Å². The first-order valence-corrected chi connectivity index (χ1v) is 11.0. The lowest BCUT2D eigenvalue weighted by atomic mass is 9.88. The summed E-state index contributed by atoms with van der Waals surface area (Å²) in [6, 6.07) is 9.02. The van der Waals surface area contributed by atoms with Crippen molar-refractivity contribution >= 4 is 12.0 Å². The molecule has 0 saturated carbocycles. The van der Waals surface area contributed by atoms with Crippen LogP contribution in [0.5, 0.6) is 0 Å². The molecule has 4 rings (SSSR count). The van der Waals surface area contributed by atoms with E-state index in [9.17, 15) is 30.3 Å². The fourth-order valence-corrected chi connectivity index (χ4v) is 4.39. The Balaban J connectivity index is 1.52. The fourth-order valence-electron chi connectivity index (χ4n) is 4.39. The van der Waals surface area contributed by atoms with Crippen molar-refractivity contribution in [1.82, 2.24) is 0 Å². The van der Waals surface area contributed by atoms with E-state index in [1.165, 1.54) is 24.5 Å². The van der Waals surface area contributed by atoms with E-state index in [1.807, 2.05) is 6.07 Å². The van der Waals surface area contributed by atoms with Gasteiger partial charge in [0, 0.05) is 12.0 Å². The summed E-state index contributed by atoms with van der Waals surface area (Å²) in [6.07, 6.45) is -1.92. The number of fused-ring (bicyclic) bond motifs is 1. The molecule has 0 radical (unpaired) electrons. The molecule has 1 aromatic rings. The SMILES string of the molecule is O=C(/C=C/c1ccccc1)O[C@H]1[C@H](O[C@@H]2OC=C[C@@H]3[C@H]2C(CO)=C[C@H]3O)O[C@H](CO)[C@@H](O)[C@@H]1O. The van der Waals surface area contributed by atoms with Gasteiger partial charge in [0.2, 0.25) is 12.6 Å². The van der Waals surface area contributed by atoms with Crippen LogP contribution < -0.4 is 0 Å². The van der Waals surface area contributed by atoms with Crippen molar-refractivity contribution < 1.29 is 49.3 Å². The molecule has 2 heterocycles. The molecule has 10 nitrogen and oxygen atoms in total. The van der Waals surface area contributed by atoms with E-state index in [-0.39, 0.29) is 6.61 Å². The van der Waals surface area contributed by atoms with Crippen LogP contribution in [-0.2, 0) is 23.7 Å². The summed E-state index contributed by atoms with van der Waals surface area (Å²) < 4.78 is 22.5. The zero-order valence-electron chi connectivity index (χ0n) is 18.2. The van der Waals surface area contributed by atoms with Crippen LogP contribution in [0.3, 0.4) is 0 Å². The maximum atomic E-state index is 12.5. The molecule has 0 unspecified atom stereocenters. The number of aliphatic hydroxyl groups excluding tert-OH is 5. The van der Waals surface area contributed by atoms with E-state index >= 15 is 0 Å². The monoisotopic (exact) mass is 476 g/mol. The number of rotatable bonds is 7. The number of ether oxygens (including phenoxy) is 4. The predicted molar refractivity (Wildman–Crippen MR) is 116 cm³/mol. The van der Waals surface area contributed by atoms with Crippen molar-refractivity contribution in [2.45, 2.75) is 43.1 Å². The number of benzene rings is 1. The Hall–Kier alpha value is -2.57. The summed E-state index contributed by atoms with van der Waals surface area (Å²) in [5, 5.41) is 50.5. The number of aliphatic hydroxyl groups is 5. The summed E-state index contributed by atoms with van der Waals surface area (Å²) in [6.45, 7) is -0.950. The Kier molecular flexibility index (Phi) is 7.79. The molecule has 0 amide bonds. The molecule has 2 aliphatic heterocycles. The van der Waals surface area contributed by atoms with E-state index in [0.717, 1.165) is 5.56 Å². The van der Waals surface area contributed by atoms with Crippen LogP contribution in [0, 0.1) is 11.8 Å². The molecule has 5 N–H and O–H groups in total. The van der Waals surface area contributed by atoms with Crippen molar-refractivity contribution in [3.05, 3.63) is 66.0 Å². The minimum absolute atomic E-state index is 0.329. The van der Waals surface area contributed by atoms with Gasteiger partial charge in [0.15, 0.2) is 6.10 Å². The van der Waals surface area contributed by atoms with Gasteiger partial charge in [0.25, 0.3) is 0 Å². The summed E-state index contributed by atoms with van der Waals surface area (Å²) in [7, 11) is 0. The third kappa shape index (κ3) is 5.08. The zero-order valence-corrected chi connectivity index (χ0v) is 18.2. The van der Waals surface area contributed by atoms with Crippen LogP contribution in [0.15, 0.2) is 60.4 Å². The number of carbonyl (C=O) groups excluding carboxylic acids is 1. The van der Waals surface area contributed by atoms with Crippen LogP contribution in [0.1, 0.15) is 5.56 Å². The van der Waals surface area contributed by atoms with Crippen LogP contribution in [0.25, 0.3) is 6.08 Å². The minimum atomic E-state index is -1.62. The molecule has 1 saturated heterocycles. The number of carbonyl (C=O) groups is 1. The van der Waals surface area contributed by atoms with Crippen molar-refractivity contribution in [2.75, 3.05) is 13.2 Å². The number of hydrogen-bond acceptors (Lipinski definition) is 10. The lowest BCUT2D eigenvalue weighted by molar-refractivity contribution is -0.340. The van der Waals surface area contributed by atoms with Gasteiger partial charge in [0.05, 0.1) is 31.5 Å². The highest BCUT2D eigenvalue weighted by Gasteiger charge is 2.50. The third-order valence-electron chi connectivity index (χ3n) is 6.17. The largest absolute Gasteiger partial charge is 0.472 e. The highest BCUT2D eigenvalue weighted by atomic mass is 16.8. The van der Waals surface area contributed by atoms with Gasteiger partial charge >= 0.3 is 5.97 Å². The second kappa shape index (κ2) is 10.8. The number of hydrogen-bond donors (Lipinski definition) is 5. The number of esters is 1. The Morgan fingerprint density at radius 2 is 1.82 bits per heavy atom. The lowest BCUT2D eigenvalue weighted by Crippen LogP contribution is -2.61. The highest BCUT2D eigenvalue weighted by Crippen LogP contribution is 2.41. The molecule has 1 aromatic carbocycles. The highest BCUT2D eigenvalue weighted by molar-refractivity contribution is 5.87. The van der Waals surface area contributed by atoms with E-state index in [4.69, 9.17) is 18.9 Å². The summed E-state index contributed by atoms with van der Waals surface area (Å²) >= 11 is 0. The molecule has 0 aromatic heterocycles. The zero-order chi connectivity index (χ0) is 24.2. The van der Waals surface area contributed by atoms with Crippen LogP contribution >= 0.6 is 0 Å². The van der Waals surface area contributed by atoms with Crippen LogP contribution in [0.2, 0.25) is 0 Å². The first kappa shape index (κ1) is 24.6. The Labute approximate surface area is 196 Å². The molecule has 34 heavy (non-hydrogen) atoms. The van der Waals surface area contributed by atoms with E-state index in [1.54, 1.807) is 30.3 Å². The molecule has 9 atom stereocenters. The average Bonchev–Trinajstić information content (AvgIpc) is 3.19. The minimum Gasteiger partial charge on any atom is -0.472 e. The molecule has 0 bridgehead atoms. The molecule has 0 spiro atoms. The average molecular weight is 476 g/mol. The van der Waals surface area contributed by atoms with Crippen molar-refractivity contribution in [1.29, 1.82) is 0 Å². The summed E-state index contributed by atoms with van der Waals surface area (Å²) in [4.78, 5) is 12.5. The van der Waals surface area contributed by atoms with Crippen molar-refractivity contribution in [3.63, 3.8) is 0 Å². The normalized spacial score (nSPS) is 37.2. The summed E-state index contributed by atoms with van der Waals surface area (Å²) in [5.74, 6) is -1.78. The quantitative estimate of drug-likeness (QED) is 0.197. The maximum Gasteiger partial charge on any atom is 0.331 e. The Morgan fingerprint density at radius 3 is 2.53 bits per heavy atom. The Morgan fingerprint density at radius 1 is 1.06 bits per heavy atom. The predicted octanol–water partition coefficient (Wildman–Crippen LogP) is -0.537. The van der Waals surface area contributed by atoms with Gasteiger partial charge in [-0.2, -0.15) is 0 Å². The molecule has 184 valence electrons. The Bertz CT molecular complexity index is 929. The van der Waals surface area contributed by atoms with Crippen LogP contribution in [0.4, 0.5) is 0 Å². The fraction of sp³-hybridized carbons (Fsp3) is 0.458. The van der Waals surface area contributed by atoms with Gasteiger partial charge in [-0.05, 0) is 23.3 Å². The maximum absolute atomic E-state index is 12.5.